The lowest BCUT2D eigenvalue weighted by Gasteiger charge is -2.10. The first-order chi connectivity index (χ1) is 8.25. The molecule has 0 spiro atoms. The van der Waals surface area contributed by atoms with Gasteiger partial charge in [-0.25, -0.2) is 0 Å². The van der Waals surface area contributed by atoms with Gasteiger partial charge in [-0.1, -0.05) is 0 Å². The maximum atomic E-state index is 12.5. The molecule has 0 atom stereocenters. The summed E-state index contributed by atoms with van der Waals surface area (Å²) in [4.78, 5) is 14.9. The maximum Gasteiger partial charge on any atom is 0.419 e. The van der Waals surface area contributed by atoms with E-state index < -0.39 is 23.4 Å². The van der Waals surface area contributed by atoms with E-state index >= 15 is 0 Å². The highest BCUT2D eigenvalue weighted by Crippen LogP contribution is 2.35. The van der Waals surface area contributed by atoms with Gasteiger partial charge < -0.3 is 10.8 Å². The van der Waals surface area contributed by atoms with Gasteiger partial charge in [-0.3, -0.25) is 15.1 Å². The fraction of sp³-hybridized carbons (Fsp3) is 0.200. The average Bonchev–Trinajstić information content (AvgIpc) is 2.27. The number of phenols is 1. The minimum absolute atomic E-state index is 0.221. The van der Waals surface area contributed by atoms with Crippen LogP contribution in [0.4, 0.5) is 13.2 Å². The Kier molecular flexibility index (Phi) is 3.79. The van der Waals surface area contributed by atoms with E-state index in [0.29, 0.717) is 6.07 Å². The molecule has 0 saturated heterocycles. The lowest BCUT2D eigenvalue weighted by molar-refractivity contribution is -0.138. The summed E-state index contributed by atoms with van der Waals surface area (Å²) in [5, 5.41) is 11.2. The number of carbonyl (C=O) groups is 1. The lowest BCUT2D eigenvalue weighted by Crippen LogP contribution is -2.36. The highest BCUT2D eigenvalue weighted by molar-refractivity contribution is 6.05. The number of amides is 1. The second-order valence-electron chi connectivity index (χ2n) is 3.29. The van der Waals surface area contributed by atoms with E-state index in [1.54, 1.807) is 0 Å². The molecule has 1 aromatic rings. The van der Waals surface area contributed by atoms with Crippen molar-refractivity contribution in [2.24, 2.45) is 10.7 Å². The molecule has 18 heavy (non-hydrogen) atoms. The quantitative estimate of drug-likeness (QED) is 0.522. The maximum absolute atomic E-state index is 12.5. The van der Waals surface area contributed by atoms with E-state index in [1.807, 2.05) is 0 Å². The van der Waals surface area contributed by atoms with Gasteiger partial charge >= 0.3 is 6.18 Å². The molecule has 0 aliphatic heterocycles. The summed E-state index contributed by atoms with van der Waals surface area (Å²) in [7, 11) is 1.31. The number of hydrogen-bond acceptors (Lipinski definition) is 3. The summed E-state index contributed by atoms with van der Waals surface area (Å²) >= 11 is 0. The molecular weight excluding hydrogens is 251 g/mol. The largest absolute Gasteiger partial charge is 0.507 e. The van der Waals surface area contributed by atoms with Crippen molar-refractivity contribution < 1.29 is 23.1 Å². The molecule has 0 aliphatic rings. The molecule has 4 N–H and O–H groups in total. The normalized spacial score (nSPS) is 12.3. The third kappa shape index (κ3) is 3.12. The van der Waals surface area contributed by atoms with Gasteiger partial charge in [-0.15, -0.1) is 0 Å². The number of aliphatic imine (C=N–C) groups is 1. The summed E-state index contributed by atoms with van der Waals surface area (Å²) in [6.45, 7) is 0. The lowest BCUT2D eigenvalue weighted by atomic mass is 10.1. The molecular formula is C10H10F3N3O2. The predicted molar refractivity (Wildman–Crippen MR) is 58.1 cm³/mol. The summed E-state index contributed by atoms with van der Waals surface area (Å²) < 4.78 is 37.4. The van der Waals surface area contributed by atoms with Crippen LogP contribution >= 0.6 is 0 Å². The smallest absolute Gasteiger partial charge is 0.419 e. The summed E-state index contributed by atoms with van der Waals surface area (Å²) in [5.74, 6) is -2.01. The molecule has 0 aromatic heterocycles. The van der Waals surface area contributed by atoms with Gasteiger partial charge in [0.05, 0.1) is 5.56 Å². The number of nitrogens with one attached hydrogen (secondary N) is 1. The number of nitrogens with two attached hydrogens (primary N) is 1. The van der Waals surface area contributed by atoms with Gasteiger partial charge in [0.25, 0.3) is 5.91 Å². The predicted octanol–water partition coefficient (Wildman–Crippen LogP) is 1.09. The van der Waals surface area contributed by atoms with Gasteiger partial charge in [-0.05, 0) is 18.2 Å². The van der Waals surface area contributed by atoms with E-state index in [1.165, 1.54) is 7.05 Å². The number of aromatic hydroxyl groups is 1. The molecule has 0 radical (unpaired) electrons. The highest BCUT2D eigenvalue weighted by atomic mass is 19.4. The molecule has 0 bridgehead atoms. The van der Waals surface area contributed by atoms with Crippen molar-refractivity contribution in [3.05, 3.63) is 29.3 Å². The Morgan fingerprint density at radius 3 is 2.56 bits per heavy atom. The van der Waals surface area contributed by atoms with Crippen LogP contribution in [0.25, 0.3) is 0 Å². The van der Waals surface area contributed by atoms with Gasteiger partial charge in [0.2, 0.25) is 0 Å². The molecule has 0 saturated carbocycles. The molecule has 5 nitrogen and oxygen atoms in total. The zero-order valence-corrected chi connectivity index (χ0v) is 9.25. The first kappa shape index (κ1) is 13.8. The van der Waals surface area contributed by atoms with Gasteiger partial charge in [0.1, 0.15) is 5.75 Å². The van der Waals surface area contributed by atoms with E-state index in [9.17, 15) is 18.0 Å². The SMILES string of the molecule is CN=C(N)NC(=O)c1ccc(O)c(C(F)(F)F)c1. The number of hydrogen-bond donors (Lipinski definition) is 3. The van der Waals surface area contributed by atoms with Crippen molar-refractivity contribution in [1.82, 2.24) is 5.32 Å². The number of rotatable bonds is 1. The summed E-state index contributed by atoms with van der Waals surface area (Å²) in [5.41, 5.74) is 3.64. The zero-order chi connectivity index (χ0) is 13.9. The van der Waals surface area contributed by atoms with Crippen molar-refractivity contribution >= 4 is 11.9 Å². The number of halogens is 3. The highest BCUT2D eigenvalue weighted by Gasteiger charge is 2.34. The Balaban J connectivity index is 3.09. The zero-order valence-electron chi connectivity index (χ0n) is 9.25. The van der Waals surface area contributed by atoms with Crippen molar-refractivity contribution in [1.29, 1.82) is 0 Å². The second-order valence-corrected chi connectivity index (χ2v) is 3.29. The second kappa shape index (κ2) is 4.94. The van der Waals surface area contributed by atoms with Crippen LogP contribution < -0.4 is 11.1 Å². The fourth-order valence-corrected chi connectivity index (χ4v) is 1.15. The van der Waals surface area contributed by atoms with Gasteiger partial charge in [0, 0.05) is 12.6 Å². The van der Waals surface area contributed by atoms with E-state index in [0.717, 1.165) is 12.1 Å². The minimum Gasteiger partial charge on any atom is -0.507 e. The number of phenolic OH excluding ortho intramolecular Hbond substituents is 1. The standard InChI is InChI=1S/C10H10F3N3O2/c1-15-9(14)16-8(18)5-2-3-7(17)6(4-5)10(11,12)13/h2-4,17H,1H3,(H3,14,15,16,18). The van der Waals surface area contributed by atoms with Crippen LogP contribution in [0.3, 0.4) is 0 Å². The Labute approximate surface area is 100 Å². The monoisotopic (exact) mass is 261 g/mol. The van der Waals surface area contributed by atoms with Crippen LogP contribution in [0.1, 0.15) is 15.9 Å². The molecule has 0 aliphatic carbocycles. The fourth-order valence-electron chi connectivity index (χ4n) is 1.15. The van der Waals surface area contributed by atoms with E-state index in [-0.39, 0.29) is 11.5 Å². The van der Waals surface area contributed by atoms with Crippen LogP contribution in [0.5, 0.6) is 5.75 Å². The third-order valence-corrected chi connectivity index (χ3v) is 2.05. The first-order valence-electron chi connectivity index (χ1n) is 4.69. The Hall–Kier alpha value is -2.25. The number of guanidine groups is 1. The van der Waals surface area contributed by atoms with Crippen LogP contribution in [-0.2, 0) is 6.18 Å². The van der Waals surface area contributed by atoms with Crippen molar-refractivity contribution in [2.75, 3.05) is 7.05 Å². The van der Waals surface area contributed by atoms with Crippen LogP contribution in [0, 0.1) is 0 Å². The van der Waals surface area contributed by atoms with E-state index in [4.69, 9.17) is 10.8 Å². The topological polar surface area (TPSA) is 87.7 Å². The van der Waals surface area contributed by atoms with Crippen LogP contribution in [0.15, 0.2) is 23.2 Å². The third-order valence-electron chi connectivity index (χ3n) is 2.05. The Morgan fingerprint density at radius 2 is 2.06 bits per heavy atom. The number of benzene rings is 1. The molecule has 0 fully saturated rings. The molecule has 1 rings (SSSR count). The summed E-state index contributed by atoms with van der Waals surface area (Å²) in [6.07, 6.45) is -4.75. The average molecular weight is 261 g/mol. The first-order valence-corrected chi connectivity index (χ1v) is 4.69. The van der Waals surface area contributed by atoms with Crippen molar-refractivity contribution in [3.8, 4) is 5.75 Å². The minimum atomic E-state index is -4.75. The molecule has 1 aromatic carbocycles. The molecule has 8 heteroatoms. The molecule has 0 heterocycles. The van der Waals surface area contributed by atoms with Crippen molar-refractivity contribution in [3.63, 3.8) is 0 Å². The van der Waals surface area contributed by atoms with Gasteiger partial charge in [-0.2, -0.15) is 13.2 Å². The molecule has 1 amide bonds. The Morgan fingerprint density at radius 1 is 1.44 bits per heavy atom. The van der Waals surface area contributed by atoms with Crippen LogP contribution in [0.2, 0.25) is 0 Å². The van der Waals surface area contributed by atoms with Crippen LogP contribution in [-0.4, -0.2) is 24.0 Å². The van der Waals surface area contributed by atoms with Crippen molar-refractivity contribution in [2.45, 2.75) is 6.18 Å². The Bertz CT molecular complexity index is 498. The number of carbonyl (C=O) groups excluding carboxylic acids is 1. The molecule has 98 valence electrons. The van der Waals surface area contributed by atoms with E-state index in [2.05, 4.69) is 10.3 Å². The number of nitrogens with zero attached hydrogens (tertiary/aromatic N) is 1. The number of alkyl halides is 3. The summed E-state index contributed by atoms with van der Waals surface area (Å²) in [6, 6.07) is 2.37. The molecule has 0 unspecified atom stereocenters. The van der Waals surface area contributed by atoms with Gasteiger partial charge in [0.15, 0.2) is 5.96 Å².